The molecule has 106 valence electrons. The van der Waals surface area contributed by atoms with E-state index in [1.807, 2.05) is 16.8 Å². The highest BCUT2D eigenvalue weighted by atomic mass is 32.1. The Hall–Kier alpha value is -2.54. The number of thiophene rings is 1. The van der Waals surface area contributed by atoms with Crippen LogP contribution in [0.15, 0.2) is 41.5 Å². The predicted molar refractivity (Wildman–Crippen MR) is 79.7 cm³/mol. The first-order valence-corrected chi connectivity index (χ1v) is 7.26. The molecule has 0 aliphatic heterocycles. The SMILES string of the molecule is CN(Cc1cnccn1)C(=O)c1cc(-c2ccsc2)n[nH]1. The van der Waals surface area contributed by atoms with Gasteiger partial charge in [0.2, 0.25) is 0 Å². The Balaban J connectivity index is 1.73. The molecule has 6 nitrogen and oxygen atoms in total. The monoisotopic (exact) mass is 299 g/mol. The van der Waals surface area contributed by atoms with Gasteiger partial charge in [-0.05, 0) is 17.5 Å². The number of hydrogen-bond donors (Lipinski definition) is 1. The van der Waals surface area contributed by atoms with Gasteiger partial charge in [0.1, 0.15) is 5.69 Å². The van der Waals surface area contributed by atoms with E-state index in [4.69, 9.17) is 0 Å². The van der Waals surface area contributed by atoms with E-state index in [0.717, 1.165) is 17.0 Å². The van der Waals surface area contributed by atoms with Gasteiger partial charge in [-0.3, -0.25) is 19.9 Å². The molecule has 0 unspecified atom stereocenters. The summed E-state index contributed by atoms with van der Waals surface area (Å²) in [5, 5.41) is 10.9. The van der Waals surface area contributed by atoms with Crippen molar-refractivity contribution in [2.75, 3.05) is 7.05 Å². The van der Waals surface area contributed by atoms with Crippen LogP contribution in [0.1, 0.15) is 16.2 Å². The number of aromatic amines is 1. The van der Waals surface area contributed by atoms with Gasteiger partial charge in [-0.2, -0.15) is 16.4 Å². The molecule has 3 rings (SSSR count). The van der Waals surface area contributed by atoms with Crippen molar-refractivity contribution in [2.45, 2.75) is 6.54 Å². The highest BCUT2D eigenvalue weighted by Crippen LogP contribution is 2.20. The van der Waals surface area contributed by atoms with Crippen molar-refractivity contribution in [3.05, 3.63) is 52.9 Å². The lowest BCUT2D eigenvalue weighted by molar-refractivity contribution is 0.0777. The first-order chi connectivity index (χ1) is 10.2. The van der Waals surface area contributed by atoms with Gasteiger partial charge in [0.25, 0.3) is 5.91 Å². The van der Waals surface area contributed by atoms with Gasteiger partial charge in [-0.25, -0.2) is 0 Å². The number of aromatic nitrogens is 4. The van der Waals surface area contributed by atoms with Crippen molar-refractivity contribution < 1.29 is 4.79 Å². The third-order valence-electron chi connectivity index (χ3n) is 2.99. The Morgan fingerprint density at radius 3 is 3.05 bits per heavy atom. The van der Waals surface area contributed by atoms with E-state index in [1.165, 1.54) is 0 Å². The number of nitrogens with one attached hydrogen (secondary N) is 1. The van der Waals surface area contributed by atoms with Crippen LogP contribution in [0.4, 0.5) is 0 Å². The number of carbonyl (C=O) groups is 1. The standard InChI is InChI=1S/C14H13N5OS/c1-19(8-11-7-15-3-4-16-11)14(20)13-6-12(17-18-13)10-2-5-21-9-10/h2-7,9H,8H2,1H3,(H,17,18). The van der Waals surface area contributed by atoms with E-state index >= 15 is 0 Å². The Kier molecular flexibility index (Phi) is 3.74. The summed E-state index contributed by atoms with van der Waals surface area (Å²) >= 11 is 1.60. The maximum atomic E-state index is 12.3. The molecule has 0 fully saturated rings. The molecular weight excluding hydrogens is 286 g/mol. The average molecular weight is 299 g/mol. The van der Waals surface area contributed by atoms with E-state index in [2.05, 4.69) is 20.2 Å². The Morgan fingerprint density at radius 1 is 1.43 bits per heavy atom. The number of carbonyl (C=O) groups excluding carboxylic acids is 1. The van der Waals surface area contributed by atoms with Crippen molar-refractivity contribution in [3.8, 4) is 11.3 Å². The van der Waals surface area contributed by atoms with Gasteiger partial charge in [-0.1, -0.05) is 0 Å². The van der Waals surface area contributed by atoms with Crippen molar-refractivity contribution in [3.63, 3.8) is 0 Å². The molecule has 3 aromatic rings. The summed E-state index contributed by atoms with van der Waals surface area (Å²) in [5.74, 6) is -0.130. The second-order valence-electron chi connectivity index (χ2n) is 4.54. The summed E-state index contributed by atoms with van der Waals surface area (Å²) in [7, 11) is 1.72. The molecule has 0 atom stereocenters. The zero-order valence-corrected chi connectivity index (χ0v) is 12.2. The maximum Gasteiger partial charge on any atom is 0.271 e. The van der Waals surface area contributed by atoms with Crippen molar-refractivity contribution in [1.82, 2.24) is 25.1 Å². The smallest absolute Gasteiger partial charge is 0.271 e. The second kappa shape index (κ2) is 5.84. The van der Waals surface area contributed by atoms with Crippen molar-refractivity contribution in [2.24, 2.45) is 0 Å². The summed E-state index contributed by atoms with van der Waals surface area (Å²) in [5.41, 5.74) is 2.98. The summed E-state index contributed by atoms with van der Waals surface area (Å²) < 4.78 is 0. The Bertz CT molecular complexity index is 723. The highest BCUT2D eigenvalue weighted by Gasteiger charge is 2.16. The van der Waals surface area contributed by atoms with Gasteiger partial charge >= 0.3 is 0 Å². The summed E-state index contributed by atoms with van der Waals surface area (Å²) in [4.78, 5) is 22.1. The van der Waals surface area contributed by atoms with Crippen molar-refractivity contribution >= 4 is 17.2 Å². The van der Waals surface area contributed by atoms with Crippen LogP contribution in [0, 0.1) is 0 Å². The minimum Gasteiger partial charge on any atom is -0.334 e. The molecule has 0 saturated carbocycles. The normalized spacial score (nSPS) is 10.5. The molecule has 0 aliphatic rings. The molecule has 0 spiro atoms. The minimum absolute atomic E-state index is 0.130. The summed E-state index contributed by atoms with van der Waals surface area (Å²) in [6.07, 6.45) is 4.86. The first kappa shape index (κ1) is 13.4. The van der Waals surface area contributed by atoms with Gasteiger partial charge in [0, 0.05) is 30.4 Å². The highest BCUT2D eigenvalue weighted by molar-refractivity contribution is 7.08. The molecule has 0 aliphatic carbocycles. The first-order valence-electron chi connectivity index (χ1n) is 6.32. The quantitative estimate of drug-likeness (QED) is 0.801. The van der Waals surface area contributed by atoms with Crippen LogP contribution in [0.5, 0.6) is 0 Å². The predicted octanol–water partition coefficient (Wildman–Crippen LogP) is 2.20. The molecular formula is C14H13N5OS. The molecule has 21 heavy (non-hydrogen) atoms. The fourth-order valence-electron chi connectivity index (χ4n) is 1.92. The lowest BCUT2D eigenvalue weighted by Gasteiger charge is -2.14. The Morgan fingerprint density at radius 2 is 2.33 bits per heavy atom. The van der Waals surface area contributed by atoms with E-state index in [-0.39, 0.29) is 5.91 Å². The van der Waals surface area contributed by atoms with Crippen LogP contribution >= 0.6 is 11.3 Å². The van der Waals surface area contributed by atoms with Gasteiger partial charge < -0.3 is 4.90 Å². The summed E-state index contributed by atoms with van der Waals surface area (Å²) in [6.45, 7) is 0.402. The zero-order valence-electron chi connectivity index (χ0n) is 11.4. The van der Waals surface area contributed by atoms with E-state index in [9.17, 15) is 4.79 Å². The third kappa shape index (κ3) is 2.97. The lowest BCUT2D eigenvalue weighted by atomic mass is 10.2. The molecule has 0 radical (unpaired) electrons. The minimum atomic E-state index is -0.130. The molecule has 1 amide bonds. The van der Waals surface area contributed by atoms with Crippen molar-refractivity contribution in [1.29, 1.82) is 0 Å². The van der Waals surface area contributed by atoms with Crippen LogP contribution in [-0.2, 0) is 6.54 Å². The zero-order chi connectivity index (χ0) is 14.7. The van der Waals surface area contributed by atoms with Gasteiger partial charge in [0.05, 0.1) is 24.1 Å². The average Bonchev–Trinajstić information content (AvgIpc) is 3.18. The van der Waals surface area contributed by atoms with Gasteiger partial charge in [-0.15, -0.1) is 0 Å². The molecule has 0 saturated heterocycles. The topological polar surface area (TPSA) is 74.8 Å². The number of hydrogen-bond acceptors (Lipinski definition) is 5. The maximum absolute atomic E-state index is 12.3. The van der Waals surface area contributed by atoms with E-state index < -0.39 is 0 Å². The fraction of sp³-hybridized carbons (Fsp3) is 0.143. The van der Waals surface area contributed by atoms with Crippen LogP contribution in [0.25, 0.3) is 11.3 Å². The van der Waals surface area contributed by atoms with Gasteiger partial charge in [0.15, 0.2) is 0 Å². The molecule has 0 aromatic carbocycles. The van der Waals surface area contributed by atoms with Crippen LogP contribution < -0.4 is 0 Å². The van der Waals surface area contributed by atoms with E-state index in [1.54, 1.807) is 47.9 Å². The molecule has 1 N–H and O–H groups in total. The Labute approximate surface area is 125 Å². The number of amides is 1. The molecule has 0 bridgehead atoms. The van der Waals surface area contributed by atoms with E-state index in [0.29, 0.717) is 12.2 Å². The van der Waals surface area contributed by atoms with Crippen LogP contribution in [-0.4, -0.2) is 38.0 Å². The largest absolute Gasteiger partial charge is 0.334 e. The van der Waals surface area contributed by atoms with Crippen LogP contribution in [0.3, 0.4) is 0 Å². The molecule has 3 heterocycles. The number of rotatable bonds is 4. The molecule has 7 heteroatoms. The van der Waals surface area contributed by atoms with Crippen LogP contribution in [0.2, 0.25) is 0 Å². The number of H-pyrrole nitrogens is 1. The lowest BCUT2D eigenvalue weighted by Crippen LogP contribution is -2.27. The summed E-state index contributed by atoms with van der Waals surface area (Å²) in [6, 6.07) is 3.73. The second-order valence-corrected chi connectivity index (χ2v) is 5.32. The molecule has 3 aromatic heterocycles. The fourth-order valence-corrected chi connectivity index (χ4v) is 2.57. The third-order valence-corrected chi connectivity index (χ3v) is 3.67. The number of nitrogens with zero attached hydrogens (tertiary/aromatic N) is 4.